The standard InChI is InChI=1S/C30H35NO8/c1-17-14-21(8-10-24(17)36-5)27(22-9-11-25(37-6)18(2)15-22)20(4)39-30(34)19(3)16-23(32)28-29(33)26(38-7)12-13-31(28)35/h8-15,19-20,27,33H,16H2,1-7H3/t19-,20+/m1/s1. The molecule has 0 unspecified atom stereocenters. The summed E-state index contributed by atoms with van der Waals surface area (Å²) >= 11 is 0. The molecule has 0 radical (unpaired) electrons. The van der Waals surface area contributed by atoms with Crippen molar-refractivity contribution < 1.29 is 38.4 Å². The highest BCUT2D eigenvalue weighted by Crippen LogP contribution is 2.35. The monoisotopic (exact) mass is 537 g/mol. The number of carbonyl (C=O) groups is 2. The highest BCUT2D eigenvalue weighted by atomic mass is 16.5. The van der Waals surface area contributed by atoms with Gasteiger partial charge in [0.05, 0.1) is 27.2 Å². The van der Waals surface area contributed by atoms with Crippen LogP contribution >= 0.6 is 0 Å². The third-order valence-electron chi connectivity index (χ3n) is 6.74. The van der Waals surface area contributed by atoms with Crippen LogP contribution in [0.3, 0.4) is 0 Å². The Labute approximate surface area is 228 Å². The van der Waals surface area contributed by atoms with Crippen LogP contribution in [-0.2, 0) is 9.53 Å². The summed E-state index contributed by atoms with van der Waals surface area (Å²) in [4.78, 5) is 26.0. The van der Waals surface area contributed by atoms with Gasteiger partial charge >= 0.3 is 11.7 Å². The van der Waals surface area contributed by atoms with Gasteiger partial charge in [0.25, 0.3) is 0 Å². The molecule has 2 aromatic carbocycles. The second-order valence-corrected chi connectivity index (χ2v) is 9.51. The van der Waals surface area contributed by atoms with Crippen molar-refractivity contribution in [2.24, 2.45) is 5.92 Å². The largest absolute Gasteiger partial charge is 0.618 e. The maximum absolute atomic E-state index is 13.1. The molecule has 3 rings (SSSR count). The molecule has 1 aromatic heterocycles. The van der Waals surface area contributed by atoms with Crippen molar-refractivity contribution in [3.8, 4) is 23.0 Å². The van der Waals surface area contributed by atoms with Gasteiger partial charge < -0.3 is 29.3 Å². The number of ether oxygens (including phenoxy) is 4. The summed E-state index contributed by atoms with van der Waals surface area (Å²) in [6.07, 6.45) is 0.128. The number of pyridine rings is 1. The van der Waals surface area contributed by atoms with Crippen LogP contribution in [0.15, 0.2) is 48.7 Å². The van der Waals surface area contributed by atoms with Crippen molar-refractivity contribution >= 4 is 11.8 Å². The second kappa shape index (κ2) is 12.5. The summed E-state index contributed by atoms with van der Waals surface area (Å²) in [5.41, 5.74) is 3.24. The molecule has 0 spiro atoms. The third-order valence-corrected chi connectivity index (χ3v) is 6.74. The number of nitrogens with zero attached hydrogens (tertiary/aromatic N) is 1. The van der Waals surface area contributed by atoms with Gasteiger partial charge in [-0.05, 0) is 55.2 Å². The number of hydrogen-bond acceptors (Lipinski definition) is 8. The average molecular weight is 538 g/mol. The smallest absolute Gasteiger partial charge is 0.309 e. The number of carbonyl (C=O) groups excluding carboxylic acids is 2. The Balaban J connectivity index is 1.87. The zero-order chi connectivity index (χ0) is 28.9. The predicted molar refractivity (Wildman–Crippen MR) is 145 cm³/mol. The van der Waals surface area contributed by atoms with Crippen molar-refractivity contribution in [3.63, 3.8) is 0 Å². The molecule has 1 heterocycles. The van der Waals surface area contributed by atoms with Gasteiger partial charge in [0.1, 0.15) is 17.6 Å². The normalized spacial score (nSPS) is 12.5. The number of Topliss-reactive ketones (excluding diaryl/α,β-unsaturated/α-hetero) is 1. The zero-order valence-electron chi connectivity index (χ0n) is 23.3. The number of aromatic hydroxyl groups is 1. The molecule has 0 saturated heterocycles. The summed E-state index contributed by atoms with van der Waals surface area (Å²) in [7, 11) is 4.53. The van der Waals surface area contributed by atoms with Gasteiger partial charge in [-0.25, -0.2) is 0 Å². The molecule has 0 bridgehead atoms. The van der Waals surface area contributed by atoms with Gasteiger partial charge in [-0.2, -0.15) is 4.73 Å². The van der Waals surface area contributed by atoms with Crippen molar-refractivity contribution in [2.45, 2.75) is 46.1 Å². The van der Waals surface area contributed by atoms with Crippen LogP contribution in [0.4, 0.5) is 0 Å². The minimum absolute atomic E-state index is 0.0123. The van der Waals surface area contributed by atoms with Crippen molar-refractivity contribution in [1.29, 1.82) is 0 Å². The van der Waals surface area contributed by atoms with Crippen LogP contribution in [-0.4, -0.2) is 44.3 Å². The van der Waals surface area contributed by atoms with Crippen molar-refractivity contribution in [3.05, 3.63) is 81.8 Å². The van der Waals surface area contributed by atoms with E-state index < -0.39 is 35.2 Å². The number of aryl methyl sites for hydroxylation is 2. The van der Waals surface area contributed by atoms with Gasteiger partial charge in [-0.15, -0.1) is 0 Å². The van der Waals surface area contributed by atoms with Crippen LogP contribution in [0.1, 0.15) is 58.9 Å². The molecular formula is C30H35NO8. The summed E-state index contributed by atoms with van der Waals surface area (Å²) in [6.45, 7) is 7.23. The fraction of sp³-hybridized carbons (Fsp3) is 0.367. The SMILES string of the molecule is COc1ccc(C(c2ccc(OC)c(C)c2)[C@H](C)OC(=O)[C@H](C)CC(=O)c2c(O)c(OC)cc[n+]2[O-])cc1C. The Morgan fingerprint density at radius 2 is 1.38 bits per heavy atom. The molecule has 0 amide bonds. The zero-order valence-corrected chi connectivity index (χ0v) is 23.3. The lowest BCUT2D eigenvalue weighted by Crippen LogP contribution is -2.35. The number of methoxy groups -OCH3 is 3. The van der Waals surface area contributed by atoms with Crippen molar-refractivity contribution in [1.82, 2.24) is 0 Å². The lowest BCUT2D eigenvalue weighted by molar-refractivity contribution is -0.608. The number of benzene rings is 2. The molecule has 0 fully saturated rings. The van der Waals surface area contributed by atoms with Crippen LogP contribution < -0.4 is 18.9 Å². The molecule has 9 heteroatoms. The average Bonchev–Trinajstić information content (AvgIpc) is 2.89. The highest BCUT2D eigenvalue weighted by molar-refractivity contribution is 5.98. The Kier molecular flexibility index (Phi) is 9.40. The molecule has 0 aliphatic heterocycles. The maximum atomic E-state index is 13.1. The first-order valence-electron chi connectivity index (χ1n) is 12.5. The first-order chi connectivity index (χ1) is 18.5. The van der Waals surface area contributed by atoms with E-state index in [2.05, 4.69) is 0 Å². The predicted octanol–water partition coefficient (Wildman–Crippen LogP) is 4.64. The fourth-order valence-corrected chi connectivity index (χ4v) is 4.68. The number of esters is 1. The van der Waals surface area contributed by atoms with E-state index >= 15 is 0 Å². The number of rotatable bonds is 11. The van der Waals surface area contributed by atoms with E-state index in [-0.39, 0.29) is 22.8 Å². The van der Waals surface area contributed by atoms with Gasteiger partial charge in [0, 0.05) is 18.4 Å². The molecule has 9 nitrogen and oxygen atoms in total. The lowest BCUT2D eigenvalue weighted by atomic mass is 9.85. The van der Waals surface area contributed by atoms with E-state index in [1.54, 1.807) is 28.1 Å². The third kappa shape index (κ3) is 6.42. The molecule has 2 atom stereocenters. The first-order valence-corrected chi connectivity index (χ1v) is 12.5. The quantitative estimate of drug-likeness (QED) is 0.163. The fourth-order valence-electron chi connectivity index (χ4n) is 4.68. The summed E-state index contributed by atoms with van der Waals surface area (Å²) in [5, 5.41) is 22.5. The number of aromatic nitrogens is 1. The van der Waals surface area contributed by atoms with E-state index in [4.69, 9.17) is 18.9 Å². The molecule has 1 N–H and O–H groups in total. The molecule has 39 heavy (non-hydrogen) atoms. The van der Waals surface area contributed by atoms with Gasteiger partial charge in [0.2, 0.25) is 11.5 Å². The van der Waals surface area contributed by atoms with Gasteiger partial charge in [-0.1, -0.05) is 31.2 Å². The second-order valence-electron chi connectivity index (χ2n) is 9.51. The number of hydrogen-bond donors (Lipinski definition) is 1. The highest BCUT2D eigenvalue weighted by Gasteiger charge is 2.32. The van der Waals surface area contributed by atoms with Crippen LogP contribution in [0.5, 0.6) is 23.0 Å². The minimum atomic E-state index is -0.874. The topological polar surface area (TPSA) is 118 Å². The summed E-state index contributed by atoms with van der Waals surface area (Å²) in [6, 6.07) is 12.9. The Hall–Kier alpha value is -4.27. The minimum Gasteiger partial charge on any atom is -0.618 e. The van der Waals surface area contributed by atoms with Crippen LogP contribution in [0, 0.1) is 25.0 Å². The first kappa shape index (κ1) is 29.3. The van der Waals surface area contributed by atoms with E-state index in [9.17, 15) is 19.9 Å². The summed E-state index contributed by atoms with van der Waals surface area (Å²) < 4.78 is 22.0. The summed E-state index contributed by atoms with van der Waals surface area (Å²) in [5.74, 6) is -1.59. The van der Waals surface area contributed by atoms with E-state index in [0.717, 1.165) is 39.9 Å². The molecule has 208 valence electrons. The Morgan fingerprint density at radius 1 is 0.872 bits per heavy atom. The van der Waals surface area contributed by atoms with Crippen molar-refractivity contribution in [2.75, 3.05) is 21.3 Å². The van der Waals surface area contributed by atoms with Gasteiger partial charge in [0.15, 0.2) is 11.9 Å². The Morgan fingerprint density at radius 3 is 1.85 bits per heavy atom. The van der Waals surface area contributed by atoms with E-state index in [0.29, 0.717) is 0 Å². The Bertz CT molecular complexity index is 1300. The van der Waals surface area contributed by atoms with E-state index in [1.165, 1.54) is 13.2 Å². The van der Waals surface area contributed by atoms with E-state index in [1.807, 2.05) is 50.2 Å². The number of ketones is 1. The molecule has 0 saturated carbocycles. The van der Waals surface area contributed by atoms with Gasteiger partial charge in [-0.3, -0.25) is 9.59 Å². The lowest BCUT2D eigenvalue weighted by Gasteiger charge is -2.27. The molecular weight excluding hydrogens is 502 g/mol. The van der Waals surface area contributed by atoms with Crippen LogP contribution in [0.25, 0.3) is 0 Å². The van der Waals surface area contributed by atoms with Crippen LogP contribution in [0.2, 0.25) is 0 Å². The molecule has 0 aliphatic carbocycles. The molecule has 3 aromatic rings. The maximum Gasteiger partial charge on any atom is 0.309 e. The molecule has 0 aliphatic rings.